The van der Waals surface area contributed by atoms with E-state index in [0.717, 1.165) is 25.5 Å². The Morgan fingerprint density at radius 1 is 0.853 bits per heavy atom. The molecule has 0 amide bonds. The highest BCUT2D eigenvalue weighted by molar-refractivity contribution is 5.63. The summed E-state index contributed by atoms with van der Waals surface area (Å²) in [6.45, 7) is 6.45. The van der Waals surface area contributed by atoms with Crippen LogP contribution in [0.4, 0.5) is 36.3 Å². The summed E-state index contributed by atoms with van der Waals surface area (Å²) < 4.78 is 40.8. The van der Waals surface area contributed by atoms with Gasteiger partial charge in [-0.25, -0.2) is 4.98 Å². The Balaban J connectivity index is 1.75. The van der Waals surface area contributed by atoms with Gasteiger partial charge in [0.1, 0.15) is 11.4 Å². The summed E-state index contributed by atoms with van der Waals surface area (Å²) in [6.07, 6.45) is 2.93. The van der Waals surface area contributed by atoms with E-state index in [1.807, 2.05) is 36.4 Å². The maximum atomic E-state index is 13.6. The number of benzene rings is 2. The molecule has 2 N–H and O–H groups in total. The van der Waals surface area contributed by atoms with Crippen LogP contribution in [-0.4, -0.2) is 9.97 Å². The number of halogens is 3. The van der Waals surface area contributed by atoms with Crippen molar-refractivity contribution in [2.45, 2.75) is 71.4 Å². The fraction of sp³-hybridized carbons (Fsp3) is 0.407. The van der Waals surface area contributed by atoms with Crippen LogP contribution in [0.15, 0.2) is 54.7 Å². The van der Waals surface area contributed by atoms with Crippen LogP contribution in [0, 0.1) is 0 Å². The monoisotopic (exact) mass is 470 g/mol. The molecule has 0 aliphatic heterocycles. The first-order valence-electron chi connectivity index (χ1n) is 12.0. The average molecular weight is 471 g/mol. The number of nitrogens with one attached hydrogen (secondary N) is 2. The lowest BCUT2D eigenvalue weighted by Gasteiger charge is -2.15. The standard InChI is InChI=1S/C27H33F3N4/c1-4-6-7-8-9-20-10-14-22(15-11-20)32-25-24(27(28,29)30)18-31-26(34-25)33-23-16-12-21(13-17-23)19(3)5-2/h10-19H,4-9H2,1-3H3,(H2,31,32,33,34). The first-order valence-corrected chi connectivity index (χ1v) is 12.0. The molecule has 2 aromatic carbocycles. The zero-order chi connectivity index (χ0) is 24.6. The number of rotatable bonds is 11. The van der Waals surface area contributed by atoms with Crippen LogP contribution in [0.1, 0.15) is 75.5 Å². The molecule has 182 valence electrons. The van der Waals surface area contributed by atoms with Gasteiger partial charge in [0.2, 0.25) is 5.95 Å². The number of alkyl halides is 3. The Morgan fingerprint density at radius 3 is 2.12 bits per heavy atom. The van der Waals surface area contributed by atoms with Gasteiger partial charge in [0.15, 0.2) is 0 Å². The van der Waals surface area contributed by atoms with E-state index in [4.69, 9.17) is 0 Å². The van der Waals surface area contributed by atoms with Crippen molar-refractivity contribution in [3.8, 4) is 0 Å². The Kier molecular flexibility index (Phi) is 8.91. The molecule has 0 aliphatic rings. The van der Waals surface area contributed by atoms with Gasteiger partial charge in [-0.3, -0.25) is 0 Å². The van der Waals surface area contributed by atoms with Gasteiger partial charge in [-0.1, -0.05) is 64.3 Å². The zero-order valence-electron chi connectivity index (χ0n) is 20.0. The third-order valence-electron chi connectivity index (χ3n) is 5.98. The molecular weight excluding hydrogens is 437 g/mol. The second-order valence-electron chi connectivity index (χ2n) is 8.64. The van der Waals surface area contributed by atoms with Crippen molar-refractivity contribution >= 4 is 23.1 Å². The van der Waals surface area contributed by atoms with E-state index in [-0.39, 0.29) is 11.8 Å². The van der Waals surface area contributed by atoms with Crippen molar-refractivity contribution in [3.63, 3.8) is 0 Å². The highest BCUT2D eigenvalue weighted by Crippen LogP contribution is 2.35. The number of anilines is 4. The fourth-order valence-electron chi connectivity index (χ4n) is 3.65. The number of unbranched alkanes of at least 4 members (excludes halogenated alkanes) is 3. The first kappa shape index (κ1) is 25.5. The molecule has 7 heteroatoms. The largest absolute Gasteiger partial charge is 0.421 e. The topological polar surface area (TPSA) is 49.8 Å². The smallest absolute Gasteiger partial charge is 0.340 e. The minimum absolute atomic E-state index is 0.0966. The Labute approximate surface area is 200 Å². The molecule has 1 aromatic heterocycles. The number of hydrogen-bond donors (Lipinski definition) is 2. The molecule has 1 heterocycles. The van der Waals surface area contributed by atoms with E-state index in [9.17, 15) is 13.2 Å². The molecule has 0 spiro atoms. The molecule has 0 saturated heterocycles. The van der Waals surface area contributed by atoms with Gasteiger partial charge in [-0.2, -0.15) is 18.2 Å². The van der Waals surface area contributed by atoms with Crippen LogP contribution in [0.2, 0.25) is 0 Å². The second-order valence-corrected chi connectivity index (χ2v) is 8.64. The third kappa shape index (κ3) is 7.20. The number of hydrogen-bond acceptors (Lipinski definition) is 4. The van der Waals surface area contributed by atoms with Crippen LogP contribution in [0.3, 0.4) is 0 Å². The lowest BCUT2D eigenvalue weighted by Crippen LogP contribution is -2.12. The SMILES string of the molecule is CCCCCCc1ccc(Nc2nc(Nc3ccc(C(C)CC)cc3)ncc2C(F)(F)F)cc1. The summed E-state index contributed by atoms with van der Waals surface area (Å²) >= 11 is 0. The van der Waals surface area contributed by atoms with Crippen molar-refractivity contribution in [1.82, 2.24) is 9.97 Å². The van der Waals surface area contributed by atoms with Crippen molar-refractivity contribution in [2.24, 2.45) is 0 Å². The van der Waals surface area contributed by atoms with Crippen LogP contribution < -0.4 is 10.6 Å². The first-order chi connectivity index (χ1) is 16.3. The Bertz CT molecular complexity index is 1030. The minimum atomic E-state index is -4.57. The summed E-state index contributed by atoms with van der Waals surface area (Å²) in [6, 6.07) is 15.2. The summed E-state index contributed by atoms with van der Waals surface area (Å²) in [5.74, 6) is 0.256. The quantitative estimate of drug-likeness (QED) is 0.275. The molecule has 0 saturated carbocycles. The summed E-state index contributed by atoms with van der Waals surface area (Å²) in [7, 11) is 0. The average Bonchev–Trinajstić information content (AvgIpc) is 2.82. The molecule has 4 nitrogen and oxygen atoms in total. The molecule has 1 unspecified atom stereocenters. The van der Waals surface area contributed by atoms with Gasteiger partial charge in [0.25, 0.3) is 0 Å². The second kappa shape index (κ2) is 11.9. The van der Waals surface area contributed by atoms with E-state index in [0.29, 0.717) is 17.3 Å². The van der Waals surface area contributed by atoms with Gasteiger partial charge < -0.3 is 10.6 Å². The number of nitrogens with zero attached hydrogens (tertiary/aromatic N) is 2. The van der Waals surface area contributed by atoms with Crippen molar-refractivity contribution in [3.05, 3.63) is 71.4 Å². The Hall–Kier alpha value is -3.09. The van der Waals surface area contributed by atoms with Gasteiger partial charge in [0.05, 0.1) is 0 Å². The van der Waals surface area contributed by atoms with E-state index in [1.54, 1.807) is 12.1 Å². The molecular formula is C27H33F3N4. The number of aryl methyl sites for hydroxylation is 1. The van der Waals surface area contributed by atoms with Crippen LogP contribution in [0.25, 0.3) is 0 Å². The van der Waals surface area contributed by atoms with Gasteiger partial charge in [-0.05, 0) is 60.6 Å². The third-order valence-corrected chi connectivity index (χ3v) is 5.98. The van der Waals surface area contributed by atoms with Gasteiger partial charge >= 0.3 is 6.18 Å². The lowest BCUT2D eigenvalue weighted by molar-refractivity contribution is -0.137. The summed E-state index contributed by atoms with van der Waals surface area (Å²) in [4.78, 5) is 8.04. The molecule has 0 aliphatic carbocycles. The van der Waals surface area contributed by atoms with E-state index < -0.39 is 11.7 Å². The van der Waals surface area contributed by atoms with Crippen molar-refractivity contribution < 1.29 is 13.2 Å². The molecule has 0 radical (unpaired) electrons. The van der Waals surface area contributed by atoms with Crippen LogP contribution in [0.5, 0.6) is 0 Å². The Morgan fingerprint density at radius 2 is 1.50 bits per heavy atom. The minimum Gasteiger partial charge on any atom is -0.340 e. The van der Waals surface area contributed by atoms with E-state index in [1.165, 1.54) is 30.4 Å². The fourth-order valence-corrected chi connectivity index (χ4v) is 3.65. The molecule has 1 atom stereocenters. The number of aromatic nitrogens is 2. The van der Waals surface area contributed by atoms with Crippen molar-refractivity contribution in [2.75, 3.05) is 10.6 Å². The lowest BCUT2D eigenvalue weighted by atomic mass is 9.99. The molecule has 34 heavy (non-hydrogen) atoms. The van der Waals surface area contributed by atoms with Gasteiger partial charge in [-0.15, -0.1) is 0 Å². The highest BCUT2D eigenvalue weighted by atomic mass is 19.4. The summed E-state index contributed by atoms with van der Waals surface area (Å²) in [5, 5.41) is 5.84. The zero-order valence-corrected chi connectivity index (χ0v) is 20.0. The summed E-state index contributed by atoms with van der Waals surface area (Å²) in [5.41, 5.74) is 2.73. The maximum Gasteiger partial charge on any atom is 0.421 e. The normalized spacial score (nSPS) is 12.4. The predicted octanol–water partition coefficient (Wildman–Crippen LogP) is 8.62. The maximum absolute atomic E-state index is 13.6. The van der Waals surface area contributed by atoms with Crippen LogP contribution in [-0.2, 0) is 12.6 Å². The molecule has 3 rings (SSSR count). The van der Waals surface area contributed by atoms with E-state index in [2.05, 4.69) is 41.4 Å². The van der Waals surface area contributed by atoms with Crippen LogP contribution >= 0.6 is 0 Å². The van der Waals surface area contributed by atoms with Gasteiger partial charge in [0, 0.05) is 17.6 Å². The van der Waals surface area contributed by atoms with E-state index >= 15 is 0 Å². The predicted molar refractivity (Wildman–Crippen MR) is 133 cm³/mol. The highest BCUT2D eigenvalue weighted by Gasteiger charge is 2.35. The molecule has 0 fully saturated rings. The van der Waals surface area contributed by atoms with Crippen molar-refractivity contribution in [1.29, 1.82) is 0 Å². The molecule has 3 aromatic rings. The molecule has 0 bridgehead atoms.